The van der Waals surface area contributed by atoms with Crippen LogP contribution in [0.2, 0.25) is 0 Å². The van der Waals surface area contributed by atoms with E-state index in [1.54, 1.807) is 12.0 Å². The smallest absolute Gasteiger partial charge is 0.239 e. The molecule has 0 aromatic rings. The van der Waals surface area contributed by atoms with Crippen molar-refractivity contribution in [1.82, 2.24) is 15.5 Å². The number of hydrogen-bond donors (Lipinski definition) is 2. The van der Waals surface area contributed by atoms with E-state index < -0.39 is 0 Å². The predicted molar refractivity (Wildman–Crippen MR) is 75.2 cm³/mol. The SMILES string of the molecule is COCCCNC(=O)CN1C(=O)CCC2CNCCC21. The van der Waals surface area contributed by atoms with E-state index in [0.29, 0.717) is 25.5 Å². The second kappa shape index (κ2) is 7.59. The van der Waals surface area contributed by atoms with Gasteiger partial charge in [-0.2, -0.15) is 0 Å². The number of nitrogens with zero attached hydrogens (tertiary/aromatic N) is 1. The fourth-order valence-corrected chi connectivity index (χ4v) is 3.11. The quantitative estimate of drug-likeness (QED) is 0.659. The van der Waals surface area contributed by atoms with Crippen LogP contribution in [0.25, 0.3) is 0 Å². The molecule has 2 aliphatic heterocycles. The lowest BCUT2D eigenvalue weighted by atomic mass is 9.84. The minimum atomic E-state index is -0.0614. The number of fused-ring (bicyclic) bond motifs is 1. The lowest BCUT2D eigenvalue weighted by Crippen LogP contribution is -2.57. The molecule has 6 nitrogen and oxygen atoms in total. The van der Waals surface area contributed by atoms with E-state index >= 15 is 0 Å². The molecule has 2 rings (SSSR count). The molecule has 2 atom stereocenters. The van der Waals surface area contributed by atoms with Crippen LogP contribution < -0.4 is 10.6 Å². The summed E-state index contributed by atoms with van der Waals surface area (Å²) in [4.78, 5) is 25.8. The highest BCUT2D eigenvalue weighted by Crippen LogP contribution is 2.28. The Labute approximate surface area is 120 Å². The zero-order valence-electron chi connectivity index (χ0n) is 12.2. The fourth-order valence-electron chi connectivity index (χ4n) is 3.11. The Morgan fingerprint density at radius 3 is 3.15 bits per heavy atom. The van der Waals surface area contributed by atoms with Crippen molar-refractivity contribution in [3.63, 3.8) is 0 Å². The second-order valence-corrected chi connectivity index (χ2v) is 5.58. The van der Waals surface area contributed by atoms with E-state index in [1.165, 1.54) is 0 Å². The summed E-state index contributed by atoms with van der Waals surface area (Å²) < 4.78 is 4.94. The van der Waals surface area contributed by atoms with Gasteiger partial charge in [0.1, 0.15) is 0 Å². The molecule has 2 heterocycles. The fraction of sp³-hybridized carbons (Fsp3) is 0.857. The molecule has 114 valence electrons. The number of nitrogens with one attached hydrogen (secondary N) is 2. The summed E-state index contributed by atoms with van der Waals surface area (Å²) in [6.07, 6.45) is 3.27. The summed E-state index contributed by atoms with van der Waals surface area (Å²) in [5.74, 6) is 0.566. The van der Waals surface area contributed by atoms with E-state index in [9.17, 15) is 9.59 Å². The second-order valence-electron chi connectivity index (χ2n) is 5.58. The van der Waals surface area contributed by atoms with Crippen LogP contribution >= 0.6 is 0 Å². The van der Waals surface area contributed by atoms with Crippen molar-refractivity contribution >= 4 is 11.8 Å². The Hall–Kier alpha value is -1.14. The van der Waals surface area contributed by atoms with Gasteiger partial charge in [0.2, 0.25) is 11.8 Å². The van der Waals surface area contributed by atoms with Crippen molar-refractivity contribution in [2.45, 2.75) is 31.7 Å². The molecular weight excluding hydrogens is 258 g/mol. The van der Waals surface area contributed by atoms with Crippen LogP contribution in [-0.2, 0) is 14.3 Å². The molecule has 0 saturated carbocycles. The average molecular weight is 283 g/mol. The highest BCUT2D eigenvalue weighted by Gasteiger charge is 2.37. The van der Waals surface area contributed by atoms with Gasteiger partial charge in [-0.1, -0.05) is 0 Å². The number of rotatable bonds is 6. The van der Waals surface area contributed by atoms with Crippen molar-refractivity contribution in [1.29, 1.82) is 0 Å². The average Bonchev–Trinajstić information content (AvgIpc) is 2.47. The molecule has 2 fully saturated rings. The highest BCUT2D eigenvalue weighted by molar-refractivity contribution is 5.85. The van der Waals surface area contributed by atoms with Crippen molar-refractivity contribution in [2.75, 3.05) is 39.9 Å². The lowest BCUT2D eigenvalue weighted by Gasteiger charge is -2.43. The molecule has 0 aliphatic carbocycles. The molecule has 2 amide bonds. The molecule has 0 radical (unpaired) electrons. The molecule has 2 N–H and O–H groups in total. The normalized spacial score (nSPS) is 26.2. The summed E-state index contributed by atoms with van der Waals surface area (Å²) in [6, 6.07) is 0.238. The molecule has 2 unspecified atom stereocenters. The largest absolute Gasteiger partial charge is 0.385 e. The standard InChI is InChI=1S/C14H25N3O3/c1-20-8-2-6-16-13(18)10-17-12-5-7-15-9-11(12)3-4-14(17)19/h11-12,15H,2-10H2,1H3,(H,16,18). The third-order valence-corrected chi connectivity index (χ3v) is 4.18. The molecule has 2 aliphatic rings. The van der Waals surface area contributed by atoms with Gasteiger partial charge in [0.25, 0.3) is 0 Å². The summed E-state index contributed by atoms with van der Waals surface area (Å²) in [6.45, 7) is 3.33. The van der Waals surface area contributed by atoms with Gasteiger partial charge in [0.15, 0.2) is 0 Å². The number of carbonyl (C=O) groups excluding carboxylic acids is 2. The van der Waals surface area contributed by atoms with Gasteiger partial charge in [-0.3, -0.25) is 9.59 Å². The molecule has 0 aromatic heterocycles. The van der Waals surface area contributed by atoms with E-state index in [1.807, 2.05) is 0 Å². The molecule has 6 heteroatoms. The monoisotopic (exact) mass is 283 g/mol. The maximum Gasteiger partial charge on any atom is 0.239 e. The number of likely N-dealkylation sites (tertiary alicyclic amines) is 1. The Balaban J connectivity index is 1.82. The van der Waals surface area contributed by atoms with Gasteiger partial charge >= 0.3 is 0 Å². The summed E-state index contributed by atoms with van der Waals surface area (Å²) in [5, 5.41) is 6.22. The van der Waals surface area contributed by atoms with Crippen LogP contribution in [0.15, 0.2) is 0 Å². The molecule has 20 heavy (non-hydrogen) atoms. The number of piperidine rings is 2. The third kappa shape index (κ3) is 3.93. The number of ether oxygens (including phenoxy) is 1. The first-order valence-corrected chi connectivity index (χ1v) is 7.48. The molecule has 0 bridgehead atoms. The van der Waals surface area contributed by atoms with Crippen molar-refractivity contribution in [2.24, 2.45) is 5.92 Å². The van der Waals surface area contributed by atoms with Gasteiger partial charge < -0.3 is 20.3 Å². The number of hydrogen-bond acceptors (Lipinski definition) is 4. The molecule has 2 saturated heterocycles. The number of carbonyl (C=O) groups is 2. The lowest BCUT2D eigenvalue weighted by molar-refractivity contribution is -0.143. The Kier molecular flexibility index (Phi) is 5.79. The molecule has 0 spiro atoms. The topological polar surface area (TPSA) is 70.7 Å². The Morgan fingerprint density at radius 1 is 1.50 bits per heavy atom. The minimum Gasteiger partial charge on any atom is -0.385 e. The third-order valence-electron chi connectivity index (χ3n) is 4.18. The first kappa shape index (κ1) is 15.3. The van der Waals surface area contributed by atoms with Gasteiger partial charge in [-0.25, -0.2) is 0 Å². The zero-order valence-corrected chi connectivity index (χ0v) is 12.2. The van der Waals surface area contributed by atoms with Crippen LogP contribution in [0.4, 0.5) is 0 Å². The van der Waals surface area contributed by atoms with E-state index in [-0.39, 0.29) is 24.4 Å². The number of methoxy groups -OCH3 is 1. The summed E-state index contributed by atoms with van der Waals surface area (Å²) in [5.41, 5.74) is 0. The maximum absolute atomic E-state index is 12.1. The van der Waals surface area contributed by atoms with Crippen LogP contribution in [0.1, 0.15) is 25.7 Å². The first-order chi connectivity index (χ1) is 9.72. The predicted octanol–water partition coefficient (Wildman–Crippen LogP) is -0.260. The van der Waals surface area contributed by atoms with Crippen LogP contribution in [0.5, 0.6) is 0 Å². The van der Waals surface area contributed by atoms with E-state index in [2.05, 4.69) is 10.6 Å². The van der Waals surface area contributed by atoms with Gasteiger partial charge in [0.05, 0.1) is 6.54 Å². The number of amides is 2. The zero-order chi connectivity index (χ0) is 14.4. The van der Waals surface area contributed by atoms with Gasteiger partial charge in [-0.05, 0) is 38.3 Å². The minimum absolute atomic E-state index is 0.0614. The van der Waals surface area contributed by atoms with Gasteiger partial charge in [-0.15, -0.1) is 0 Å². The van der Waals surface area contributed by atoms with E-state index in [4.69, 9.17) is 4.74 Å². The van der Waals surface area contributed by atoms with Gasteiger partial charge in [0, 0.05) is 32.7 Å². The van der Waals surface area contributed by atoms with E-state index in [0.717, 1.165) is 32.4 Å². The van der Waals surface area contributed by atoms with Crippen molar-refractivity contribution < 1.29 is 14.3 Å². The Bertz CT molecular complexity index is 349. The maximum atomic E-state index is 12.1. The van der Waals surface area contributed by atoms with Crippen molar-refractivity contribution in [3.05, 3.63) is 0 Å². The van der Waals surface area contributed by atoms with Crippen LogP contribution in [0, 0.1) is 5.92 Å². The van der Waals surface area contributed by atoms with Crippen molar-refractivity contribution in [3.8, 4) is 0 Å². The summed E-state index contributed by atoms with van der Waals surface area (Å²) in [7, 11) is 1.64. The molecular formula is C14H25N3O3. The first-order valence-electron chi connectivity index (χ1n) is 7.48. The summed E-state index contributed by atoms with van der Waals surface area (Å²) >= 11 is 0. The Morgan fingerprint density at radius 2 is 2.35 bits per heavy atom. The van der Waals surface area contributed by atoms with Crippen LogP contribution in [-0.4, -0.2) is 62.7 Å². The highest BCUT2D eigenvalue weighted by atomic mass is 16.5. The molecule has 0 aromatic carbocycles. The van der Waals surface area contributed by atoms with Crippen LogP contribution in [0.3, 0.4) is 0 Å².